The minimum atomic E-state index is 0.0184. The molecule has 0 saturated carbocycles. The summed E-state index contributed by atoms with van der Waals surface area (Å²) in [5.74, 6) is 0. The number of hydrogen-bond acceptors (Lipinski definition) is 3. The Morgan fingerprint density at radius 3 is 2.70 bits per heavy atom. The highest BCUT2D eigenvalue weighted by Gasteiger charge is 2.06. The zero-order valence-corrected chi connectivity index (χ0v) is 14.5. The highest BCUT2D eigenvalue weighted by atomic mass is 79.9. The van der Waals surface area contributed by atoms with E-state index in [1.807, 2.05) is 42.5 Å². The van der Waals surface area contributed by atoms with Crippen molar-refractivity contribution in [3.8, 4) is 0 Å². The van der Waals surface area contributed by atoms with Gasteiger partial charge in [0.15, 0.2) is 0 Å². The van der Waals surface area contributed by atoms with Crippen LogP contribution in [0.2, 0.25) is 0 Å². The fraction of sp³-hybridized carbons (Fsp3) is 0.222. The van der Waals surface area contributed by atoms with Gasteiger partial charge in [0.05, 0.1) is 17.2 Å². The molecule has 118 valence electrons. The first kappa shape index (κ1) is 15.9. The van der Waals surface area contributed by atoms with Crippen LogP contribution in [0.25, 0.3) is 10.9 Å². The quantitative estimate of drug-likeness (QED) is 0.690. The maximum atomic E-state index is 12.5. The van der Waals surface area contributed by atoms with Crippen LogP contribution in [0.4, 0.5) is 0 Å². The number of benzene rings is 2. The molecule has 5 heteroatoms. The van der Waals surface area contributed by atoms with Gasteiger partial charge in [0.2, 0.25) is 0 Å². The van der Waals surface area contributed by atoms with Crippen molar-refractivity contribution in [3.05, 3.63) is 75.2 Å². The van der Waals surface area contributed by atoms with E-state index in [0.29, 0.717) is 11.9 Å². The van der Waals surface area contributed by atoms with Gasteiger partial charge < -0.3 is 4.90 Å². The molecule has 4 nitrogen and oxygen atoms in total. The van der Waals surface area contributed by atoms with E-state index in [1.54, 1.807) is 10.9 Å². The molecule has 0 saturated heterocycles. The topological polar surface area (TPSA) is 38.1 Å². The van der Waals surface area contributed by atoms with E-state index in [9.17, 15) is 4.79 Å². The van der Waals surface area contributed by atoms with Gasteiger partial charge in [0.1, 0.15) is 0 Å². The molecule has 1 aromatic heterocycles. The Morgan fingerprint density at radius 2 is 1.87 bits per heavy atom. The van der Waals surface area contributed by atoms with Crippen molar-refractivity contribution in [1.29, 1.82) is 0 Å². The van der Waals surface area contributed by atoms with Gasteiger partial charge in [-0.25, -0.2) is 4.98 Å². The SMILES string of the molecule is CN(CCn1cnc2ccccc2c1=O)Cc1ccccc1Br. The third-order valence-electron chi connectivity index (χ3n) is 3.85. The summed E-state index contributed by atoms with van der Waals surface area (Å²) in [5, 5.41) is 0.670. The van der Waals surface area contributed by atoms with Gasteiger partial charge in [-0.05, 0) is 30.8 Å². The first-order chi connectivity index (χ1) is 11.1. The largest absolute Gasteiger partial charge is 0.300 e. The van der Waals surface area contributed by atoms with Crippen LogP contribution in [0, 0.1) is 0 Å². The number of aromatic nitrogens is 2. The number of para-hydroxylation sites is 1. The lowest BCUT2D eigenvalue weighted by molar-refractivity contribution is 0.309. The minimum Gasteiger partial charge on any atom is -0.300 e. The van der Waals surface area contributed by atoms with E-state index in [1.165, 1.54) is 5.56 Å². The van der Waals surface area contributed by atoms with E-state index < -0.39 is 0 Å². The zero-order chi connectivity index (χ0) is 16.2. The molecule has 0 aliphatic carbocycles. The van der Waals surface area contributed by atoms with Gasteiger partial charge in [-0.2, -0.15) is 0 Å². The molecular formula is C18H18BrN3O. The number of hydrogen-bond donors (Lipinski definition) is 0. The summed E-state index contributed by atoms with van der Waals surface area (Å²) in [5.41, 5.74) is 2.00. The predicted octanol–water partition coefficient (Wildman–Crippen LogP) is 3.29. The van der Waals surface area contributed by atoms with Crippen molar-refractivity contribution in [3.63, 3.8) is 0 Å². The Morgan fingerprint density at radius 1 is 1.13 bits per heavy atom. The molecule has 23 heavy (non-hydrogen) atoms. The van der Waals surface area contributed by atoms with E-state index >= 15 is 0 Å². The highest BCUT2D eigenvalue weighted by molar-refractivity contribution is 9.10. The summed E-state index contributed by atoms with van der Waals surface area (Å²) in [7, 11) is 2.05. The summed E-state index contributed by atoms with van der Waals surface area (Å²) in [6.45, 7) is 2.23. The Hall–Kier alpha value is -1.98. The normalized spacial score (nSPS) is 11.3. The Bertz CT molecular complexity index is 875. The molecule has 0 unspecified atom stereocenters. The van der Waals surface area contributed by atoms with Crippen LogP contribution in [-0.4, -0.2) is 28.0 Å². The smallest absolute Gasteiger partial charge is 0.261 e. The molecule has 1 heterocycles. The minimum absolute atomic E-state index is 0.0184. The third-order valence-corrected chi connectivity index (χ3v) is 4.63. The van der Waals surface area contributed by atoms with Gasteiger partial charge in [-0.15, -0.1) is 0 Å². The van der Waals surface area contributed by atoms with Crippen LogP contribution < -0.4 is 5.56 Å². The molecule has 0 spiro atoms. The van der Waals surface area contributed by atoms with Crippen LogP contribution in [-0.2, 0) is 13.1 Å². The fourth-order valence-corrected chi connectivity index (χ4v) is 2.95. The molecule has 0 amide bonds. The molecule has 0 radical (unpaired) electrons. The van der Waals surface area contributed by atoms with Crippen LogP contribution in [0.1, 0.15) is 5.56 Å². The van der Waals surface area contributed by atoms with Gasteiger partial charge in [0.25, 0.3) is 5.56 Å². The van der Waals surface area contributed by atoms with Crippen molar-refractivity contribution in [2.24, 2.45) is 0 Å². The van der Waals surface area contributed by atoms with Gasteiger partial charge >= 0.3 is 0 Å². The molecule has 0 aliphatic heterocycles. The van der Waals surface area contributed by atoms with Crippen LogP contribution in [0.15, 0.2) is 64.1 Å². The summed E-state index contributed by atoms with van der Waals surface area (Å²) in [6.07, 6.45) is 1.64. The first-order valence-corrected chi connectivity index (χ1v) is 8.30. The Labute approximate surface area is 143 Å². The standard InChI is InChI=1S/C18H18BrN3O/c1-21(12-14-6-2-4-8-16(14)19)10-11-22-13-20-17-9-5-3-7-15(17)18(22)23/h2-9,13H,10-12H2,1H3. The lowest BCUT2D eigenvalue weighted by Gasteiger charge is -2.18. The molecule has 3 rings (SSSR count). The van der Waals surface area contributed by atoms with E-state index in [2.05, 4.69) is 38.9 Å². The van der Waals surface area contributed by atoms with E-state index in [-0.39, 0.29) is 5.56 Å². The van der Waals surface area contributed by atoms with Crippen molar-refractivity contribution in [1.82, 2.24) is 14.5 Å². The second kappa shape index (κ2) is 7.06. The molecule has 0 N–H and O–H groups in total. The number of rotatable bonds is 5. The summed E-state index contributed by atoms with van der Waals surface area (Å²) < 4.78 is 2.79. The molecule has 0 aliphatic rings. The lowest BCUT2D eigenvalue weighted by atomic mass is 10.2. The average Bonchev–Trinajstić information content (AvgIpc) is 2.57. The third kappa shape index (κ3) is 3.68. The summed E-state index contributed by atoms with van der Waals surface area (Å²) >= 11 is 3.57. The molecule has 0 atom stereocenters. The number of likely N-dealkylation sites (N-methyl/N-ethyl adjacent to an activating group) is 1. The van der Waals surface area contributed by atoms with E-state index in [0.717, 1.165) is 23.1 Å². The zero-order valence-electron chi connectivity index (χ0n) is 12.9. The second-order valence-corrected chi connectivity index (χ2v) is 6.44. The molecule has 0 fully saturated rings. The number of fused-ring (bicyclic) bond motifs is 1. The van der Waals surface area contributed by atoms with Gasteiger partial charge in [0, 0.05) is 24.1 Å². The first-order valence-electron chi connectivity index (χ1n) is 7.51. The van der Waals surface area contributed by atoms with Gasteiger partial charge in [-0.1, -0.05) is 46.3 Å². The Kier molecular flexibility index (Phi) is 4.88. The molecule has 3 aromatic rings. The second-order valence-electron chi connectivity index (χ2n) is 5.59. The van der Waals surface area contributed by atoms with Crippen molar-refractivity contribution < 1.29 is 0 Å². The van der Waals surface area contributed by atoms with Crippen LogP contribution in [0.3, 0.4) is 0 Å². The number of nitrogens with zero attached hydrogens (tertiary/aromatic N) is 3. The fourth-order valence-electron chi connectivity index (χ4n) is 2.54. The average molecular weight is 372 g/mol. The van der Waals surface area contributed by atoms with Gasteiger partial charge in [-0.3, -0.25) is 9.36 Å². The van der Waals surface area contributed by atoms with Crippen molar-refractivity contribution >= 4 is 26.8 Å². The van der Waals surface area contributed by atoms with Crippen molar-refractivity contribution in [2.45, 2.75) is 13.1 Å². The summed E-state index contributed by atoms with van der Waals surface area (Å²) in [4.78, 5) is 19.0. The maximum absolute atomic E-state index is 12.5. The van der Waals surface area contributed by atoms with Crippen molar-refractivity contribution in [2.75, 3.05) is 13.6 Å². The highest BCUT2D eigenvalue weighted by Crippen LogP contribution is 2.17. The molecular weight excluding hydrogens is 354 g/mol. The summed E-state index contributed by atoms with van der Waals surface area (Å²) in [6, 6.07) is 15.6. The number of halogens is 1. The monoisotopic (exact) mass is 371 g/mol. The molecule has 2 aromatic carbocycles. The Balaban J connectivity index is 1.70. The maximum Gasteiger partial charge on any atom is 0.261 e. The van der Waals surface area contributed by atoms with Crippen LogP contribution >= 0.6 is 15.9 Å². The predicted molar refractivity (Wildman–Crippen MR) is 96.5 cm³/mol. The van der Waals surface area contributed by atoms with Crippen LogP contribution in [0.5, 0.6) is 0 Å². The molecule has 0 bridgehead atoms. The lowest BCUT2D eigenvalue weighted by Crippen LogP contribution is -2.28. The van der Waals surface area contributed by atoms with E-state index in [4.69, 9.17) is 0 Å².